The summed E-state index contributed by atoms with van der Waals surface area (Å²) in [6, 6.07) is 1.95. The van der Waals surface area contributed by atoms with Gasteiger partial charge in [-0.3, -0.25) is 4.79 Å². The second kappa shape index (κ2) is 4.19. The maximum Gasteiger partial charge on any atom is 0.252 e. The molecule has 0 N–H and O–H groups in total. The monoisotopic (exact) mass is 208 g/mol. The molecular formula is C11H16N2O2. The number of amides is 1. The Morgan fingerprint density at radius 3 is 2.87 bits per heavy atom. The molecular weight excluding hydrogens is 192 g/mol. The number of nitrogens with zero attached hydrogens (tertiary/aromatic N) is 2. The van der Waals surface area contributed by atoms with Crippen molar-refractivity contribution in [2.24, 2.45) is 0 Å². The molecule has 0 radical (unpaired) electrons. The highest BCUT2D eigenvalue weighted by atomic mass is 16.5. The van der Waals surface area contributed by atoms with Gasteiger partial charge in [0.15, 0.2) is 0 Å². The number of hydrogen-bond donors (Lipinski definition) is 0. The minimum absolute atomic E-state index is 0.0170. The highest BCUT2D eigenvalue weighted by Crippen LogP contribution is 2.24. The fourth-order valence-electron chi connectivity index (χ4n) is 2.33. The van der Waals surface area contributed by atoms with Gasteiger partial charge >= 0.3 is 0 Å². The van der Waals surface area contributed by atoms with Crippen LogP contribution < -0.4 is 0 Å². The number of hydrogen-bond acceptors (Lipinski definition) is 3. The Hall–Kier alpha value is -1.08. The molecule has 0 spiro atoms. The summed E-state index contributed by atoms with van der Waals surface area (Å²) in [6.45, 7) is 2.70. The molecule has 4 nitrogen and oxygen atoms in total. The molecule has 0 aliphatic carbocycles. The third-order valence-corrected chi connectivity index (χ3v) is 3.19. The average molecular weight is 208 g/mol. The van der Waals surface area contributed by atoms with Crippen molar-refractivity contribution in [1.29, 1.82) is 5.26 Å². The van der Waals surface area contributed by atoms with E-state index in [4.69, 9.17) is 10.00 Å². The molecule has 0 aromatic rings. The molecule has 0 saturated carbocycles. The van der Waals surface area contributed by atoms with Crippen molar-refractivity contribution in [3.8, 4) is 6.07 Å². The van der Waals surface area contributed by atoms with Crippen LogP contribution in [-0.2, 0) is 9.53 Å². The van der Waals surface area contributed by atoms with Gasteiger partial charge in [0.05, 0.1) is 12.2 Å². The molecule has 2 heterocycles. The fraction of sp³-hybridized carbons (Fsp3) is 0.818. The molecule has 1 amide bonds. The highest BCUT2D eigenvalue weighted by Gasteiger charge is 2.36. The lowest BCUT2D eigenvalue weighted by molar-refractivity contribution is -0.142. The lowest BCUT2D eigenvalue weighted by atomic mass is 10.2. The zero-order chi connectivity index (χ0) is 10.8. The van der Waals surface area contributed by atoms with Crippen LogP contribution in [0.3, 0.4) is 0 Å². The Bertz CT molecular complexity index is 297. The molecule has 2 fully saturated rings. The summed E-state index contributed by atoms with van der Waals surface area (Å²) in [5.74, 6) is 0.0170. The first kappa shape index (κ1) is 10.4. The molecule has 15 heavy (non-hydrogen) atoms. The molecule has 3 unspecified atom stereocenters. The average Bonchev–Trinajstić information content (AvgIpc) is 2.84. The van der Waals surface area contributed by atoms with Crippen molar-refractivity contribution >= 4 is 5.91 Å². The van der Waals surface area contributed by atoms with Crippen LogP contribution in [0, 0.1) is 11.3 Å². The van der Waals surface area contributed by atoms with Gasteiger partial charge in [-0.1, -0.05) is 0 Å². The maximum atomic E-state index is 12.0. The first-order chi connectivity index (χ1) is 7.22. The Morgan fingerprint density at radius 1 is 1.47 bits per heavy atom. The van der Waals surface area contributed by atoms with Crippen LogP contribution in [0.5, 0.6) is 0 Å². The predicted octanol–water partition coefficient (Wildman–Crippen LogP) is 1.07. The number of carbonyl (C=O) groups excluding carboxylic acids is 1. The number of carbonyl (C=O) groups is 1. The first-order valence-corrected chi connectivity index (χ1v) is 5.58. The van der Waals surface area contributed by atoms with E-state index in [2.05, 4.69) is 6.07 Å². The van der Waals surface area contributed by atoms with E-state index in [-0.39, 0.29) is 24.2 Å². The topological polar surface area (TPSA) is 53.3 Å². The lowest BCUT2D eigenvalue weighted by Gasteiger charge is -2.22. The lowest BCUT2D eigenvalue weighted by Crippen LogP contribution is -2.41. The van der Waals surface area contributed by atoms with Crippen molar-refractivity contribution in [2.75, 3.05) is 6.54 Å². The fourth-order valence-corrected chi connectivity index (χ4v) is 2.33. The molecule has 4 heteroatoms. The van der Waals surface area contributed by atoms with Crippen molar-refractivity contribution in [3.63, 3.8) is 0 Å². The van der Waals surface area contributed by atoms with Gasteiger partial charge in [-0.05, 0) is 32.6 Å². The van der Waals surface area contributed by atoms with Crippen molar-refractivity contribution in [2.45, 2.75) is 50.9 Å². The van der Waals surface area contributed by atoms with Crippen molar-refractivity contribution < 1.29 is 9.53 Å². The summed E-state index contributed by atoms with van der Waals surface area (Å²) in [5.41, 5.74) is 0. The summed E-state index contributed by atoms with van der Waals surface area (Å²) >= 11 is 0. The van der Waals surface area contributed by atoms with Gasteiger partial charge in [-0.2, -0.15) is 5.26 Å². The van der Waals surface area contributed by atoms with Crippen LogP contribution in [0.2, 0.25) is 0 Å². The molecule has 0 aromatic carbocycles. The standard InChI is InChI=1S/C11H16N2O2/c1-8-4-5-10(15-8)11(14)13-6-2-3-9(13)7-12/h8-10H,2-6H2,1H3. The second-order valence-corrected chi connectivity index (χ2v) is 4.33. The second-order valence-electron chi connectivity index (χ2n) is 4.33. The molecule has 2 saturated heterocycles. The third kappa shape index (κ3) is 1.98. The Balaban J connectivity index is 1.99. The highest BCUT2D eigenvalue weighted by molar-refractivity contribution is 5.82. The Morgan fingerprint density at radius 2 is 2.27 bits per heavy atom. The normalized spacial score (nSPS) is 35.5. The van der Waals surface area contributed by atoms with Crippen LogP contribution in [0.15, 0.2) is 0 Å². The van der Waals surface area contributed by atoms with E-state index in [1.165, 1.54) is 0 Å². The largest absolute Gasteiger partial charge is 0.365 e. The molecule has 2 rings (SSSR count). The molecule has 2 aliphatic heterocycles. The van der Waals surface area contributed by atoms with E-state index in [1.807, 2.05) is 6.92 Å². The molecule has 0 bridgehead atoms. The van der Waals surface area contributed by atoms with Gasteiger partial charge in [0.25, 0.3) is 5.91 Å². The molecule has 82 valence electrons. The summed E-state index contributed by atoms with van der Waals surface area (Å²) < 4.78 is 5.53. The summed E-state index contributed by atoms with van der Waals surface area (Å²) in [4.78, 5) is 13.7. The number of ether oxygens (including phenoxy) is 1. The first-order valence-electron chi connectivity index (χ1n) is 5.58. The number of rotatable bonds is 1. The number of likely N-dealkylation sites (tertiary alicyclic amines) is 1. The minimum atomic E-state index is -0.297. The third-order valence-electron chi connectivity index (χ3n) is 3.19. The van der Waals surface area contributed by atoms with Crippen LogP contribution in [0.4, 0.5) is 0 Å². The Kier molecular flexibility index (Phi) is 2.92. The summed E-state index contributed by atoms with van der Waals surface area (Å²) in [5, 5.41) is 8.90. The predicted molar refractivity (Wildman–Crippen MR) is 53.9 cm³/mol. The van der Waals surface area contributed by atoms with E-state index in [9.17, 15) is 4.79 Å². The van der Waals surface area contributed by atoms with E-state index in [0.29, 0.717) is 6.54 Å². The van der Waals surface area contributed by atoms with Gasteiger partial charge in [-0.15, -0.1) is 0 Å². The SMILES string of the molecule is CC1CCC(C(=O)N2CCCC2C#N)O1. The minimum Gasteiger partial charge on any atom is -0.365 e. The van der Waals surface area contributed by atoms with E-state index in [0.717, 1.165) is 25.7 Å². The number of nitriles is 1. The smallest absolute Gasteiger partial charge is 0.252 e. The van der Waals surface area contributed by atoms with Crippen LogP contribution in [0.25, 0.3) is 0 Å². The zero-order valence-corrected chi connectivity index (χ0v) is 8.98. The van der Waals surface area contributed by atoms with E-state index >= 15 is 0 Å². The zero-order valence-electron chi connectivity index (χ0n) is 8.98. The van der Waals surface area contributed by atoms with Gasteiger partial charge < -0.3 is 9.64 Å². The van der Waals surface area contributed by atoms with Gasteiger partial charge in [-0.25, -0.2) is 0 Å². The summed E-state index contributed by atoms with van der Waals surface area (Å²) in [7, 11) is 0. The molecule has 0 aromatic heterocycles. The van der Waals surface area contributed by atoms with Gasteiger partial charge in [0, 0.05) is 6.54 Å². The van der Waals surface area contributed by atoms with E-state index < -0.39 is 0 Å². The van der Waals surface area contributed by atoms with Gasteiger partial charge in [0.2, 0.25) is 0 Å². The quantitative estimate of drug-likeness (QED) is 0.647. The van der Waals surface area contributed by atoms with E-state index in [1.54, 1.807) is 4.90 Å². The maximum absolute atomic E-state index is 12.0. The van der Waals surface area contributed by atoms with Gasteiger partial charge in [0.1, 0.15) is 12.1 Å². The molecule has 2 aliphatic rings. The van der Waals surface area contributed by atoms with Crippen molar-refractivity contribution in [1.82, 2.24) is 4.90 Å². The van der Waals surface area contributed by atoms with Crippen molar-refractivity contribution in [3.05, 3.63) is 0 Å². The van der Waals surface area contributed by atoms with Crippen LogP contribution in [-0.4, -0.2) is 35.6 Å². The van der Waals surface area contributed by atoms with Crippen LogP contribution >= 0.6 is 0 Å². The molecule has 3 atom stereocenters. The summed E-state index contributed by atoms with van der Waals surface area (Å²) in [6.07, 6.45) is 3.38. The van der Waals surface area contributed by atoms with Crippen LogP contribution in [0.1, 0.15) is 32.6 Å². The Labute approximate surface area is 89.8 Å².